The fourth-order valence-electron chi connectivity index (χ4n) is 2.11. The molecule has 19 heavy (non-hydrogen) atoms. The number of aromatic amines is 1. The Hall–Kier alpha value is -2.40. The van der Waals surface area contributed by atoms with Crippen LogP contribution in [-0.2, 0) is 6.54 Å². The molecule has 0 saturated carbocycles. The monoisotopic (exact) mass is 253 g/mol. The van der Waals surface area contributed by atoms with E-state index in [1.807, 2.05) is 47.3 Å². The zero-order valence-electron chi connectivity index (χ0n) is 10.4. The maximum absolute atomic E-state index is 6.31. The molecule has 5 heteroatoms. The number of benzene rings is 1. The van der Waals surface area contributed by atoms with Crippen LogP contribution in [0.2, 0.25) is 0 Å². The van der Waals surface area contributed by atoms with Gasteiger partial charge in [-0.2, -0.15) is 5.10 Å². The number of imidazole rings is 1. The van der Waals surface area contributed by atoms with E-state index < -0.39 is 0 Å². The summed E-state index contributed by atoms with van der Waals surface area (Å²) in [7, 11) is 0. The molecule has 0 radical (unpaired) electrons. The summed E-state index contributed by atoms with van der Waals surface area (Å²) in [5, 5.41) is 6.75. The summed E-state index contributed by atoms with van der Waals surface area (Å²) in [6.07, 6.45) is 7.29. The second-order valence-electron chi connectivity index (χ2n) is 4.44. The van der Waals surface area contributed by atoms with E-state index >= 15 is 0 Å². The minimum absolute atomic E-state index is 0.171. The van der Waals surface area contributed by atoms with Gasteiger partial charge in [0.25, 0.3) is 0 Å². The Kier molecular flexibility index (Phi) is 3.12. The van der Waals surface area contributed by atoms with E-state index in [9.17, 15) is 0 Å². The molecule has 1 unspecified atom stereocenters. The predicted octanol–water partition coefficient (Wildman–Crippen LogP) is 1.70. The summed E-state index contributed by atoms with van der Waals surface area (Å²) in [6.45, 7) is 0.715. The van der Waals surface area contributed by atoms with Gasteiger partial charge in [0.1, 0.15) is 0 Å². The van der Waals surface area contributed by atoms with E-state index in [4.69, 9.17) is 5.73 Å². The van der Waals surface area contributed by atoms with E-state index in [1.54, 1.807) is 12.5 Å². The molecule has 96 valence electrons. The molecule has 0 saturated heterocycles. The highest BCUT2D eigenvalue weighted by Crippen LogP contribution is 2.19. The number of nitrogens with zero attached hydrogens (tertiary/aromatic N) is 3. The highest BCUT2D eigenvalue weighted by atomic mass is 15.1. The van der Waals surface area contributed by atoms with Crippen molar-refractivity contribution in [3.63, 3.8) is 0 Å². The molecule has 0 aliphatic rings. The third kappa shape index (κ3) is 2.41. The number of H-pyrrole nitrogens is 1. The Balaban J connectivity index is 1.88. The zero-order chi connectivity index (χ0) is 13.1. The van der Waals surface area contributed by atoms with Gasteiger partial charge in [-0.05, 0) is 5.56 Å². The van der Waals surface area contributed by atoms with Crippen molar-refractivity contribution < 1.29 is 0 Å². The number of nitrogens with two attached hydrogens (primary N) is 1. The smallest absolute Gasteiger partial charge is 0.0951 e. The highest BCUT2D eigenvalue weighted by molar-refractivity contribution is 5.26. The average Bonchev–Trinajstić information content (AvgIpc) is 3.11. The van der Waals surface area contributed by atoms with Gasteiger partial charge in [0.15, 0.2) is 0 Å². The Bertz CT molecular complexity index is 627. The van der Waals surface area contributed by atoms with E-state index in [1.165, 1.54) is 0 Å². The van der Waals surface area contributed by atoms with E-state index in [2.05, 4.69) is 15.2 Å². The third-order valence-electron chi connectivity index (χ3n) is 3.13. The summed E-state index contributed by atoms with van der Waals surface area (Å²) in [5.41, 5.74) is 9.48. The minimum Gasteiger partial charge on any atom is -0.328 e. The van der Waals surface area contributed by atoms with Crippen LogP contribution in [0.25, 0.3) is 0 Å². The Morgan fingerprint density at radius 2 is 2.05 bits per heavy atom. The SMILES string of the molecule is NC(c1ccccc1)c1cncn1Cc1cn[nH]c1. The van der Waals surface area contributed by atoms with Crippen LogP contribution in [0.3, 0.4) is 0 Å². The largest absolute Gasteiger partial charge is 0.328 e. The normalized spacial score (nSPS) is 12.5. The van der Waals surface area contributed by atoms with Crippen LogP contribution < -0.4 is 5.73 Å². The van der Waals surface area contributed by atoms with Crippen LogP contribution in [0.4, 0.5) is 0 Å². The lowest BCUT2D eigenvalue weighted by Crippen LogP contribution is -2.16. The van der Waals surface area contributed by atoms with Gasteiger partial charge in [-0.15, -0.1) is 0 Å². The summed E-state index contributed by atoms with van der Waals surface area (Å²) in [6, 6.07) is 9.85. The van der Waals surface area contributed by atoms with Crippen LogP contribution >= 0.6 is 0 Å². The van der Waals surface area contributed by atoms with Crippen molar-refractivity contribution >= 4 is 0 Å². The van der Waals surface area contributed by atoms with Crippen molar-refractivity contribution in [2.24, 2.45) is 5.73 Å². The van der Waals surface area contributed by atoms with Gasteiger partial charge in [-0.25, -0.2) is 4.98 Å². The molecule has 0 amide bonds. The van der Waals surface area contributed by atoms with Gasteiger partial charge >= 0.3 is 0 Å². The summed E-state index contributed by atoms with van der Waals surface area (Å²) < 4.78 is 2.04. The number of nitrogens with one attached hydrogen (secondary N) is 1. The first kappa shape index (κ1) is 11.7. The lowest BCUT2D eigenvalue weighted by molar-refractivity contribution is 0.696. The Morgan fingerprint density at radius 1 is 1.21 bits per heavy atom. The molecule has 1 aromatic carbocycles. The molecular formula is C14H15N5. The van der Waals surface area contributed by atoms with Gasteiger partial charge < -0.3 is 10.3 Å². The topological polar surface area (TPSA) is 72.5 Å². The number of rotatable bonds is 4. The van der Waals surface area contributed by atoms with Gasteiger partial charge in [0, 0.05) is 11.8 Å². The van der Waals surface area contributed by atoms with Gasteiger partial charge in [0.2, 0.25) is 0 Å². The maximum atomic E-state index is 6.31. The first-order valence-corrected chi connectivity index (χ1v) is 6.13. The van der Waals surface area contributed by atoms with Gasteiger partial charge in [-0.3, -0.25) is 5.10 Å². The van der Waals surface area contributed by atoms with Crippen molar-refractivity contribution in [3.05, 3.63) is 72.1 Å². The molecule has 0 bridgehead atoms. The van der Waals surface area contributed by atoms with Gasteiger partial charge in [0.05, 0.1) is 37.0 Å². The molecular weight excluding hydrogens is 238 g/mol. The standard InChI is InChI=1S/C14H15N5/c15-14(12-4-2-1-3-5-12)13-8-16-10-19(13)9-11-6-17-18-7-11/h1-8,10,14H,9,15H2,(H,17,18). The molecule has 2 aromatic heterocycles. The molecule has 1 atom stereocenters. The van der Waals surface area contributed by atoms with Crippen molar-refractivity contribution in [2.75, 3.05) is 0 Å². The Labute approximate surface area is 111 Å². The molecule has 3 aromatic rings. The molecule has 0 spiro atoms. The summed E-state index contributed by atoms with van der Waals surface area (Å²) in [5.74, 6) is 0. The molecule has 0 aliphatic carbocycles. The zero-order valence-corrected chi connectivity index (χ0v) is 10.4. The number of hydrogen-bond donors (Lipinski definition) is 2. The Morgan fingerprint density at radius 3 is 2.79 bits per heavy atom. The van der Waals surface area contributed by atoms with Crippen molar-refractivity contribution in [1.29, 1.82) is 0 Å². The lowest BCUT2D eigenvalue weighted by Gasteiger charge is -2.14. The second-order valence-corrected chi connectivity index (χ2v) is 4.44. The fourth-order valence-corrected chi connectivity index (χ4v) is 2.11. The predicted molar refractivity (Wildman–Crippen MR) is 72.4 cm³/mol. The van der Waals surface area contributed by atoms with E-state index in [0.717, 1.165) is 16.8 Å². The maximum Gasteiger partial charge on any atom is 0.0951 e. The third-order valence-corrected chi connectivity index (χ3v) is 3.13. The van der Waals surface area contributed by atoms with Crippen LogP contribution in [0, 0.1) is 0 Å². The van der Waals surface area contributed by atoms with E-state index in [0.29, 0.717) is 6.54 Å². The number of aromatic nitrogens is 4. The lowest BCUT2D eigenvalue weighted by atomic mass is 10.1. The number of hydrogen-bond acceptors (Lipinski definition) is 3. The van der Waals surface area contributed by atoms with Gasteiger partial charge in [-0.1, -0.05) is 30.3 Å². The van der Waals surface area contributed by atoms with E-state index in [-0.39, 0.29) is 6.04 Å². The quantitative estimate of drug-likeness (QED) is 0.743. The van der Waals surface area contributed by atoms with Crippen LogP contribution in [0.15, 0.2) is 55.2 Å². The minimum atomic E-state index is -0.171. The fraction of sp³-hybridized carbons (Fsp3) is 0.143. The van der Waals surface area contributed by atoms with Crippen molar-refractivity contribution in [3.8, 4) is 0 Å². The second kappa shape index (κ2) is 5.07. The van der Waals surface area contributed by atoms with Crippen LogP contribution in [0.1, 0.15) is 22.9 Å². The first-order valence-electron chi connectivity index (χ1n) is 6.13. The molecule has 3 rings (SSSR count). The first-order chi connectivity index (χ1) is 9.34. The molecule has 5 nitrogen and oxygen atoms in total. The van der Waals surface area contributed by atoms with Crippen LogP contribution in [-0.4, -0.2) is 19.7 Å². The average molecular weight is 253 g/mol. The molecule has 0 aliphatic heterocycles. The molecule has 2 heterocycles. The van der Waals surface area contributed by atoms with Crippen LogP contribution in [0.5, 0.6) is 0 Å². The molecule has 0 fully saturated rings. The highest BCUT2D eigenvalue weighted by Gasteiger charge is 2.13. The summed E-state index contributed by atoms with van der Waals surface area (Å²) >= 11 is 0. The van der Waals surface area contributed by atoms with Crippen molar-refractivity contribution in [1.82, 2.24) is 19.7 Å². The van der Waals surface area contributed by atoms with Crippen molar-refractivity contribution in [2.45, 2.75) is 12.6 Å². The summed E-state index contributed by atoms with van der Waals surface area (Å²) in [4.78, 5) is 4.20. The molecule has 3 N–H and O–H groups in total.